The highest BCUT2D eigenvalue weighted by Gasteiger charge is 2.15. The maximum absolute atomic E-state index is 12.1. The first-order chi connectivity index (χ1) is 13.1. The number of anilines is 1. The molecule has 3 aromatic rings. The van der Waals surface area contributed by atoms with E-state index in [-0.39, 0.29) is 5.91 Å². The van der Waals surface area contributed by atoms with Gasteiger partial charge in [-0.05, 0) is 47.7 Å². The number of nitrogens with zero attached hydrogens (tertiary/aromatic N) is 2. The lowest BCUT2D eigenvalue weighted by Gasteiger charge is -2.03. The van der Waals surface area contributed by atoms with Gasteiger partial charge in [0.15, 0.2) is 5.13 Å². The maximum Gasteiger partial charge on any atom is 0.353 e. The summed E-state index contributed by atoms with van der Waals surface area (Å²) in [4.78, 5) is 29.2. The van der Waals surface area contributed by atoms with Crippen LogP contribution in [0.1, 0.15) is 37.5 Å². The zero-order chi connectivity index (χ0) is 19.2. The van der Waals surface area contributed by atoms with Gasteiger partial charge in [-0.2, -0.15) is 5.10 Å². The first-order valence-corrected chi connectivity index (χ1v) is 9.70. The van der Waals surface area contributed by atoms with Crippen molar-refractivity contribution in [2.24, 2.45) is 5.10 Å². The molecule has 0 radical (unpaired) electrons. The van der Waals surface area contributed by atoms with E-state index in [9.17, 15) is 9.59 Å². The number of nitrogens with two attached hydrogens (primary N) is 1. The third kappa shape index (κ3) is 4.78. The van der Waals surface area contributed by atoms with Crippen LogP contribution in [0.5, 0.6) is 5.75 Å². The molecule has 0 bridgehead atoms. The number of rotatable bonds is 6. The lowest BCUT2D eigenvalue weighted by molar-refractivity contribution is 0.0739. The lowest BCUT2D eigenvalue weighted by Crippen LogP contribution is -2.17. The molecular weight excluding hydrogens is 384 g/mol. The Kier molecular flexibility index (Phi) is 5.94. The molecule has 0 aliphatic carbocycles. The molecule has 9 heteroatoms. The number of esters is 1. The van der Waals surface area contributed by atoms with E-state index >= 15 is 0 Å². The molecule has 0 saturated carbocycles. The lowest BCUT2D eigenvalue weighted by atomic mass is 10.2. The number of thiazole rings is 1. The zero-order valence-corrected chi connectivity index (χ0v) is 16.0. The molecule has 0 aliphatic rings. The minimum atomic E-state index is -0.394. The predicted octanol–water partition coefficient (Wildman–Crippen LogP) is 3.33. The van der Waals surface area contributed by atoms with Gasteiger partial charge in [0.25, 0.3) is 5.91 Å². The zero-order valence-electron chi connectivity index (χ0n) is 14.3. The van der Waals surface area contributed by atoms with Crippen molar-refractivity contribution < 1.29 is 14.3 Å². The summed E-state index contributed by atoms with van der Waals surface area (Å²) in [6, 6.07) is 10.3. The second-order valence-corrected chi connectivity index (χ2v) is 7.29. The molecular formula is C18H16N4O3S2. The number of carbonyl (C=O) groups is 2. The average Bonchev–Trinajstić information content (AvgIpc) is 3.32. The Bertz CT molecular complexity index is 963. The molecule has 0 unspecified atom stereocenters. The summed E-state index contributed by atoms with van der Waals surface area (Å²) in [5, 5.41) is 6.11. The molecule has 3 N–H and O–H groups in total. The molecule has 0 atom stereocenters. The van der Waals surface area contributed by atoms with E-state index in [4.69, 9.17) is 10.5 Å². The fourth-order valence-corrected chi connectivity index (χ4v) is 3.59. The Morgan fingerprint density at radius 1 is 1.30 bits per heavy atom. The number of nitrogens with one attached hydrogen (secondary N) is 1. The number of amides is 1. The Balaban J connectivity index is 1.57. The normalized spacial score (nSPS) is 10.9. The number of benzene rings is 1. The third-order valence-corrected chi connectivity index (χ3v) is 5.22. The van der Waals surface area contributed by atoms with Crippen molar-refractivity contribution >= 4 is 45.9 Å². The van der Waals surface area contributed by atoms with Gasteiger partial charge in [-0.15, -0.1) is 11.3 Å². The summed E-state index contributed by atoms with van der Waals surface area (Å²) in [6.07, 6.45) is 2.12. The standard InChI is InChI=1S/C18H16N4O3S2/c1-2-13-15(27-18(19)21-13)16(23)22-20-10-11-5-7-12(8-6-11)25-17(24)14-4-3-9-26-14/h3-10H,2H2,1H3,(H2,19,21)(H,22,23)/b20-10-. The number of hydrogen-bond acceptors (Lipinski definition) is 8. The Morgan fingerprint density at radius 2 is 2.07 bits per heavy atom. The van der Waals surface area contributed by atoms with Crippen molar-refractivity contribution in [1.82, 2.24) is 10.4 Å². The monoisotopic (exact) mass is 400 g/mol. The molecule has 0 aliphatic heterocycles. The van der Waals surface area contributed by atoms with Gasteiger partial charge in [-0.25, -0.2) is 15.2 Å². The van der Waals surface area contributed by atoms with Crippen LogP contribution < -0.4 is 15.9 Å². The maximum atomic E-state index is 12.1. The van der Waals surface area contributed by atoms with Crippen LogP contribution in [0.15, 0.2) is 46.9 Å². The van der Waals surface area contributed by atoms with Gasteiger partial charge in [-0.3, -0.25) is 4.79 Å². The summed E-state index contributed by atoms with van der Waals surface area (Å²) >= 11 is 2.45. The fourth-order valence-electron chi connectivity index (χ4n) is 2.18. The second-order valence-electron chi connectivity index (χ2n) is 5.32. The van der Waals surface area contributed by atoms with E-state index in [1.165, 1.54) is 17.6 Å². The molecule has 0 fully saturated rings. The van der Waals surface area contributed by atoms with Crippen LogP contribution in [0.2, 0.25) is 0 Å². The Labute approximate surface area is 163 Å². The van der Waals surface area contributed by atoms with Crippen LogP contribution in [0, 0.1) is 0 Å². The van der Waals surface area contributed by atoms with Gasteiger partial charge in [-0.1, -0.05) is 24.3 Å². The van der Waals surface area contributed by atoms with E-state index < -0.39 is 5.97 Å². The summed E-state index contributed by atoms with van der Waals surface area (Å²) in [5.41, 5.74) is 9.50. The number of ether oxygens (including phenoxy) is 1. The number of hydrazone groups is 1. The molecule has 27 heavy (non-hydrogen) atoms. The van der Waals surface area contributed by atoms with E-state index in [2.05, 4.69) is 15.5 Å². The number of hydrogen-bond donors (Lipinski definition) is 2. The van der Waals surface area contributed by atoms with Crippen molar-refractivity contribution in [3.63, 3.8) is 0 Å². The first kappa shape index (κ1) is 18.7. The summed E-state index contributed by atoms with van der Waals surface area (Å²) < 4.78 is 5.28. The highest BCUT2D eigenvalue weighted by molar-refractivity contribution is 7.17. The van der Waals surface area contributed by atoms with E-state index in [1.54, 1.807) is 36.4 Å². The van der Waals surface area contributed by atoms with Crippen molar-refractivity contribution in [3.8, 4) is 5.75 Å². The summed E-state index contributed by atoms with van der Waals surface area (Å²) in [5.74, 6) is -0.310. The van der Waals surface area contributed by atoms with Gasteiger partial charge in [0.1, 0.15) is 15.5 Å². The minimum absolute atomic E-state index is 0.348. The highest BCUT2D eigenvalue weighted by Crippen LogP contribution is 2.20. The smallest absolute Gasteiger partial charge is 0.353 e. The van der Waals surface area contributed by atoms with E-state index in [0.717, 1.165) is 16.9 Å². The molecule has 7 nitrogen and oxygen atoms in total. The van der Waals surface area contributed by atoms with Crippen molar-refractivity contribution in [1.29, 1.82) is 0 Å². The molecule has 2 heterocycles. The summed E-state index contributed by atoms with van der Waals surface area (Å²) in [7, 11) is 0. The SMILES string of the molecule is CCc1nc(N)sc1C(=O)N/N=C\c1ccc(OC(=O)c2cccs2)cc1. The quantitative estimate of drug-likeness (QED) is 0.286. The molecule has 1 amide bonds. The molecule has 0 saturated heterocycles. The van der Waals surface area contributed by atoms with Crippen LogP contribution in [-0.4, -0.2) is 23.1 Å². The van der Waals surface area contributed by atoms with Gasteiger partial charge >= 0.3 is 5.97 Å². The minimum Gasteiger partial charge on any atom is -0.422 e. The Hall–Kier alpha value is -3.04. The van der Waals surface area contributed by atoms with Gasteiger partial charge < -0.3 is 10.5 Å². The average molecular weight is 400 g/mol. The fraction of sp³-hybridized carbons (Fsp3) is 0.111. The Morgan fingerprint density at radius 3 is 2.74 bits per heavy atom. The van der Waals surface area contributed by atoms with Crippen LogP contribution in [0.3, 0.4) is 0 Å². The first-order valence-electron chi connectivity index (χ1n) is 8.01. The van der Waals surface area contributed by atoms with Gasteiger partial charge in [0.2, 0.25) is 0 Å². The molecule has 0 spiro atoms. The van der Waals surface area contributed by atoms with Crippen molar-refractivity contribution in [2.45, 2.75) is 13.3 Å². The number of thiophene rings is 1. The van der Waals surface area contributed by atoms with Crippen LogP contribution in [0.4, 0.5) is 5.13 Å². The second kappa shape index (κ2) is 8.56. The van der Waals surface area contributed by atoms with Gasteiger partial charge in [0, 0.05) is 0 Å². The predicted molar refractivity (Wildman–Crippen MR) is 107 cm³/mol. The molecule has 1 aromatic carbocycles. The number of carbonyl (C=O) groups excluding carboxylic acids is 2. The van der Waals surface area contributed by atoms with Crippen molar-refractivity contribution in [2.75, 3.05) is 5.73 Å². The van der Waals surface area contributed by atoms with Crippen LogP contribution in [-0.2, 0) is 6.42 Å². The topological polar surface area (TPSA) is 107 Å². The van der Waals surface area contributed by atoms with Gasteiger partial charge in [0.05, 0.1) is 11.9 Å². The molecule has 2 aromatic heterocycles. The number of aromatic nitrogens is 1. The van der Waals surface area contributed by atoms with Crippen LogP contribution >= 0.6 is 22.7 Å². The summed E-state index contributed by atoms with van der Waals surface area (Å²) in [6.45, 7) is 1.90. The number of aryl methyl sites for hydroxylation is 1. The van der Waals surface area contributed by atoms with E-state index in [1.807, 2.05) is 12.3 Å². The highest BCUT2D eigenvalue weighted by atomic mass is 32.1. The van der Waals surface area contributed by atoms with Crippen LogP contribution in [0.25, 0.3) is 0 Å². The molecule has 138 valence electrons. The largest absolute Gasteiger partial charge is 0.422 e. The number of nitrogen functional groups attached to an aromatic ring is 1. The molecule has 3 rings (SSSR count). The van der Waals surface area contributed by atoms with Crippen molar-refractivity contribution in [3.05, 3.63) is 62.8 Å². The van der Waals surface area contributed by atoms with E-state index in [0.29, 0.717) is 32.8 Å². The third-order valence-electron chi connectivity index (χ3n) is 3.45.